The van der Waals surface area contributed by atoms with Crippen molar-refractivity contribution in [3.63, 3.8) is 0 Å². The molecule has 0 aliphatic carbocycles. The zero-order chi connectivity index (χ0) is 6.85. The molecule has 1 rings (SSSR count). The summed E-state index contributed by atoms with van der Waals surface area (Å²) in [6, 6.07) is 0.801. The van der Waals surface area contributed by atoms with E-state index in [0.717, 1.165) is 6.04 Å². The van der Waals surface area contributed by atoms with Crippen molar-refractivity contribution in [2.75, 3.05) is 34.2 Å². The zero-order valence-electron chi connectivity index (χ0n) is 6.59. The van der Waals surface area contributed by atoms with E-state index < -0.39 is 0 Å². The quantitative estimate of drug-likeness (QED) is 0.499. The van der Waals surface area contributed by atoms with Crippen LogP contribution in [-0.2, 0) is 0 Å². The fourth-order valence-corrected chi connectivity index (χ4v) is 1.33. The summed E-state index contributed by atoms with van der Waals surface area (Å²) in [4.78, 5) is 4.69. The third-order valence-electron chi connectivity index (χ3n) is 2.10. The van der Waals surface area contributed by atoms with Gasteiger partial charge in [-0.15, -0.1) is 0 Å². The number of hydrogen-bond donors (Lipinski definition) is 0. The van der Waals surface area contributed by atoms with E-state index in [0.29, 0.717) is 0 Å². The van der Waals surface area contributed by atoms with Crippen LogP contribution in [0, 0.1) is 0 Å². The van der Waals surface area contributed by atoms with Crippen LogP contribution in [0.4, 0.5) is 0 Å². The molecule has 1 fully saturated rings. The molecule has 1 saturated heterocycles. The second-order valence-electron chi connectivity index (χ2n) is 3.17. The van der Waals surface area contributed by atoms with Crippen LogP contribution in [-0.4, -0.2) is 50.1 Å². The summed E-state index contributed by atoms with van der Waals surface area (Å²) in [6.07, 6.45) is 1.34. The lowest BCUT2D eigenvalue weighted by molar-refractivity contribution is 0.288. The smallest absolute Gasteiger partial charge is 0.0229 e. The first-order valence-corrected chi connectivity index (χ1v) is 3.55. The first-order chi connectivity index (χ1) is 4.20. The number of likely N-dealkylation sites (tertiary alicyclic amines) is 1. The van der Waals surface area contributed by atoms with Crippen molar-refractivity contribution in [2.45, 2.75) is 12.5 Å². The fourth-order valence-electron chi connectivity index (χ4n) is 1.33. The molecular weight excluding hydrogens is 112 g/mol. The Labute approximate surface area is 57.4 Å². The van der Waals surface area contributed by atoms with Gasteiger partial charge in [-0.2, -0.15) is 0 Å². The van der Waals surface area contributed by atoms with E-state index in [4.69, 9.17) is 0 Å². The van der Waals surface area contributed by atoms with Gasteiger partial charge in [0, 0.05) is 12.6 Å². The largest absolute Gasteiger partial charge is 0.305 e. The topological polar surface area (TPSA) is 6.48 Å². The maximum absolute atomic E-state index is 2.38. The van der Waals surface area contributed by atoms with Crippen LogP contribution in [0.5, 0.6) is 0 Å². The average Bonchev–Trinajstić information content (AvgIpc) is 2.14. The second-order valence-corrected chi connectivity index (χ2v) is 3.17. The van der Waals surface area contributed by atoms with Crippen molar-refractivity contribution >= 4 is 0 Å². The van der Waals surface area contributed by atoms with E-state index in [-0.39, 0.29) is 0 Å². The van der Waals surface area contributed by atoms with Crippen molar-refractivity contribution in [1.82, 2.24) is 9.80 Å². The number of likely N-dealkylation sites (N-methyl/N-ethyl adjacent to an activating group) is 2. The summed E-state index contributed by atoms with van der Waals surface area (Å²) in [6.45, 7) is 2.51. The van der Waals surface area contributed by atoms with Gasteiger partial charge in [-0.1, -0.05) is 0 Å². The molecule has 0 radical (unpaired) electrons. The highest BCUT2D eigenvalue weighted by molar-refractivity contribution is 4.77. The van der Waals surface area contributed by atoms with E-state index in [1.54, 1.807) is 0 Å². The van der Waals surface area contributed by atoms with Crippen LogP contribution in [0.15, 0.2) is 0 Å². The SMILES string of the molecule is CN1CC[C@H](N(C)C)C1. The molecule has 1 atom stereocenters. The Balaban J connectivity index is 2.30. The molecule has 2 nitrogen and oxygen atoms in total. The predicted molar refractivity (Wildman–Crippen MR) is 39.6 cm³/mol. The van der Waals surface area contributed by atoms with Gasteiger partial charge in [-0.25, -0.2) is 0 Å². The van der Waals surface area contributed by atoms with Crippen molar-refractivity contribution in [3.8, 4) is 0 Å². The second kappa shape index (κ2) is 2.67. The summed E-state index contributed by atoms with van der Waals surface area (Å²) < 4.78 is 0. The van der Waals surface area contributed by atoms with Gasteiger partial charge in [-0.05, 0) is 34.1 Å². The van der Waals surface area contributed by atoms with Crippen molar-refractivity contribution in [1.29, 1.82) is 0 Å². The van der Waals surface area contributed by atoms with Gasteiger partial charge in [-0.3, -0.25) is 0 Å². The molecule has 0 bridgehead atoms. The third-order valence-corrected chi connectivity index (χ3v) is 2.10. The van der Waals surface area contributed by atoms with Crippen LogP contribution < -0.4 is 0 Å². The maximum atomic E-state index is 2.38. The lowest BCUT2D eigenvalue weighted by atomic mass is 10.2. The molecule has 1 heterocycles. The zero-order valence-corrected chi connectivity index (χ0v) is 6.59. The summed E-state index contributed by atoms with van der Waals surface area (Å²) in [5.41, 5.74) is 0. The highest BCUT2D eigenvalue weighted by atomic mass is 15.2. The van der Waals surface area contributed by atoms with Crippen LogP contribution in [0.25, 0.3) is 0 Å². The normalized spacial score (nSPS) is 30.0. The van der Waals surface area contributed by atoms with Gasteiger partial charge in [0.05, 0.1) is 0 Å². The van der Waals surface area contributed by atoms with Crippen LogP contribution in [0.1, 0.15) is 6.42 Å². The first-order valence-electron chi connectivity index (χ1n) is 3.55. The van der Waals surface area contributed by atoms with Gasteiger partial charge in [0.25, 0.3) is 0 Å². The summed E-state index contributed by atoms with van der Waals surface area (Å²) >= 11 is 0. The molecule has 0 aromatic heterocycles. The van der Waals surface area contributed by atoms with Gasteiger partial charge < -0.3 is 9.80 Å². The molecule has 1 aliphatic rings. The summed E-state index contributed by atoms with van der Waals surface area (Å²) in [7, 11) is 6.50. The van der Waals surface area contributed by atoms with Gasteiger partial charge in [0.15, 0.2) is 0 Å². The molecule has 0 aromatic rings. The number of rotatable bonds is 1. The molecule has 0 saturated carbocycles. The van der Waals surface area contributed by atoms with Crippen LogP contribution >= 0.6 is 0 Å². The monoisotopic (exact) mass is 128 g/mol. The highest BCUT2D eigenvalue weighted by Gasteiger charge is 2.20. The van der Waals surface area contributed by atoms with Crippen molar-refractivity contribution < 1.29 is 0 Å². The van der Waals surface area contributed by atoms with Crippen LogP contribution in [0.3, 0.4) is 0 Å². The predicted octanol–water partition coefficient (Wildman–Crippen LogP) is 0.252. The van der Waals surface area contributed by atoms with Gasteiger partial charge >= 0.3 is 0 Å². The average molecular weight is 128 g/mol. The van der Waals surface area contributed by atoms with Crippen LogP contribution in [0.2, 0.25) is 0 Å². The van der Waals surface area contributed by atoms with E-state index in [1.807, 2.05) is 0 Å². The lowest BCUT2D eigenvalue weighted by Crippen LogP contribution is -2.30. The molecule has 54 valence electrons. The Bertz CT molecular complexity index is 90.9. The molecular formula is C7H16N2. The minimum Gasteiger partial charge on any atom is -0.305 e. The standard InChI is InChI=1S/C7H16N2/c1-8(2)7-4-5-9(3)6-7/h7H,4-6H2,1-3H3/t7-/m0/s1. The fraction of sp³-hybridized carbons (Fsp3) is 1.00. The number of hydrogen-bond acceptors (Lipinski definition) is 2. The van der Waals surface area contributed by atoms with E-state index in [1.165, 1.54) is 19.5 Å². The Morgan fingerprint density at radius 2 is 2.11 bits per heavy atom. The van der Waals surface area contributed by atoms with Crippen molar-refractivity contribution in [3.05, 3.63) is 0 Å². The Morgan fingerprint density at radius 1 is 1.44 bits per heavy atom. The highest BCUT2D eigenvalue weighted by Crippen LogP contribution is 2.09. The van der Waals surface area contributed by atoms with E-state index >= 15 is 0 Å². The summed E-state index contributed by atoms with van der Waals surface area (Å²) in [5.74, 6) is 0. The Hall–Kier alpha value is -0.0800. The molecule has 9 heavy (non-hydrogen) atoms. The molecule has 0 aromatic carbocycles. The Kier molecular flexibility index (Phi) is 2.09. The lowest BCUT2D eigenvalue weighted by Gasteiger charge is -2.17. The minimum absolute atomic E-state index is 0.801. The minimum atomic E-state index is 0.801. The van der Waals surface area contributed by atoms with E-state index in [9.17, 15) is 0 Å². The van der Waals surface area contributed by atoms with Gasteiger partial charge in [0.1, 0.15) is 0 Å². The molecule has 0 spiro atoms. The molecule has 2 heteroatoms. The molecule has 0 unspecified atom stereocenters. The maximum Gasteiger partial charge on any atom is 0.0229 e. The summed E-state index contributed by atoms with van der Waals surface area (Å²) in [5, 5.41) is 0. The Morgan fingerprint density at radius 3 is 2.33 bits per heavy atom. The number of nitrogens with zero attached hydrogens (tertiary/aromatic N) is 2. The van der Waals surface area contributed by atoms with E-state index in [2.05, 4.69) is 30.9 Å². The molecule has 0 N–H and O–H groups in total. The van der Waals surface area contributed by atoms with Crippen molar-refractivity contribution in [2.24, 2.45) is 0 Å². The van der Waals surface area contributed by atoms with Gasteiger partial charge in [0.2, 0.25) is 0 Å². The molecule has 1 aliphatic heterocycles. The molecule has 0 amide bonds. The first kappa shape index (κ1) is 7.03. The third kappa shape index (κ3) is 1.66.